The van der Waals surface area contributed by atoms with Gasteiger partial charge < -0.3 is 9.47 Å². The number of carbonyl (C=O) groups is 1. The Morgan fingerprint density at radius 3 is 2.48 bits per heavy atom. The van der Waals surface area contributed by atoms with Crippen molar-refractivity contribution >= 4 is 17.7 Å². The number of carbonyl (C=O) groups excluding carboxylic acids is 1. The van der Waals surface area contributed by atoms with Gasteiger partial charge >= 0.3 is 0 Å². The topological polar surface area (TPSA) is 38.1 Å². The molecule has 1 unspecified atom stereocenters. The van der Waals surface area contributed by atoms with E-state index in [1.165, 1.54) is 11.8 Å². The van der Waals surface area contributed by atoms with Crippen LogP contribution in [0.15, 0.2) is 47.9 Å². The number of hydrogen-bond acceptors (Lipinski definition) is 3. The molecule has 1 heterocycles. The van der Waals surface area contributed by atoms with Crippen molar-refractivity contribution < 1.29 is 4.79 Å². The highest BCUT2D eigenvalue weighted by atomic mass is 32.2. The first-order valence-electron chi connectivity index (χ1n) is 7.15. The zero-order chi connectivity index (χ0) is 15.2. The number of imidazole rings is 1. The lowest BCUT2D eigenvalue weighted by Gasteiger charge is -2.24. The first-order valence-corrected chi connectivity index (χ1v) is 8.03. The summed E-state index contributed by atoms with van der Waals surface area (Å²) in [5, 5.41) is 0.594. The predicted octanol–water partition coefficient (Wildman–Crippen LogP) is 3.12. The van der Waals surface area contributed by atoms with Crippen molar-refractivity contribution in [2.45, 2.75) is 24.3 Å². The fourth-order valence-electron chi connectivity index (χ4n) is 2.16. The van der Waals surface area contributed by atoms with Crippen LogP contribution in [0.1, 0.15) is 24.7 Å². The Morgan fingerprint density at radius 1 is 1.29 bits per heavy atom. The third-order valence-corrected chi connectivity index (χ3v) is 4.72. The lowest BCUT2D eigenvalue weighted by Crippen LogP contribution is -2.34. The molecule has 0 N–H and O–H groups in total. The summed E-state index contributed by atoms with van der Waals surface area (Å²) in [5.41, 5.74) is 1.02. The number of rotatable bonds is 6. The molecule has 21 heavy (non-hydrogen) atoms. The molecule has 1 aromatic heterocycles. The molecule has 4 nitrogen and oxygen atoms in total. The SMILES string of the molecule is CCN(CC)C(=O)C(Sc1nccn1C)c1ccccc1. The Balaban J connectivity index is 2.31. The lowest BCUT2D eigenvalue weighted by atomic mass is 10.1. The lowest BCUT2D eigenvalue weighted by molar-refractivity contribution is -0.130. The zero-order valence-electron chi connectivity index (χ0n) is 12.7. The summed E-state index contributed by atoms with van der Waals surface area (Å²) in [5.74, 6) is 0.138. The van der Waals surface area contributed by atoms with Gasteiger partial charge in [-0.1, -0.05) is 42.1 Å². The van der Waals surface area contributed by atoms with Crippen molar-refractivity contribution in [3.8, 4) is 0 Å². The van der Waals surface area contributed by atoms with Crippen LogP contribution >= 0.6 is 11.8 Å². The third-order valence-electron chi connectivity index (χ3n) is 3.40. The van der Waals surface area contributed by atoms with E-state index >= 15 is 0 Å². The first kappa shape index (κ1) is 15.6. The highest BCUT2D eigenvalue weighted by molar-refractivity contribution is 8.00. The quantitative estimate of drug-likeness (QED) is 0.770. The molecular weight excluding hydrogens is 282 g/mol. The Bertz CT molecular complexity index is 578. The molecule has 1 atom stereocenters. The van der Waals surface area contributed by atoms with Crippen LogP contribution in [0.25, 0.3) is 0 Å². The van der Waals surface area contributed by atoms with E-state index in [-0.39, 0.29) is 11.2 Å². The molecule has 1 amide bonds. The standard InChI is InChI=1S/C16H21N3OS/c1-4-19(5-2)15(20)14(13-9-7-6-8-10-13)21-16-17-11-12-18(16)3/h6-12,14H,4-5H2,1-3H3. The molecule has 0 fully saturated rings. The van der Waals surface area contributed by atoms with Crippen LogP contribution in [0.4, 0.5) is 0 Å². The summed E-state index contributed by atoms with van der Waals surface area (Å²) in [7, 11) is 1.94. The molecule has 0 bridgehead atoms. The molecule has 0 saturated heterocycles. The van der Waals surface area contributed by atoms with Gasteiger partial charge in [0.1, 0.15) is 5.25 Å². The van der Waals surface area contributed by atoms with E-state index in [1.807, 2.05) is 66.9 Å². The summed E-state index contributed by atoms with van der Waals surface area (Å²) in [4.78, 5) is 19.0. The van der Waals surface area contributed by atoms with Crippen molar-refractivity contribution in [1.29, 1.82) is 0 Å². The van der Waals surface area contributed by atoms with Gasteiger partial charge in [-0.3, -0.25) is 4.79 Å². The Morgan fingerprint density at radius 2 is 1.95 bits per heavy atom. The van der Waals surface area contributed by atoms with Crippen molar-refractivity contribution in [1.82, 2.24) is 14.5 Å². The molecule has 112 valence electrons. The van der Waals surface area contributed by atoms with Crippen molar-refractivity contribution in [3.63, 3.8) is 0 Å². The number of aromatic nitrogens is 2. The minimum atomic E-state index is -0.257. The number of amides is 1. The van der Waals surface area contributed by atoms with E-state index in [1.54, 1.807) is 6.20 Å². The second-order valence-corrected chi connectivity index (χ2v) is 5.81. The second-order valence-electron chi connectivity index (χ2n) is 4.74. The summed E-state index contributed by atoms with van der Waals surface area (Å²) in [6, 6.07) is 9.91. The van der Waals surface area contributed by atoms with Crippen molar-refractivity contribution in [3.05, 3.63) is 48.3 Å². The first-order chi connectivity index (χ1) is 10.2. The Hall–Kier alpha value is -1.75. The number of benzene rings is 1. The molecule has 0 aliphatic carbocycles. The highest BCUT2D eigenvalue weighted by Crippen LogP contribution is 2.35. The molecule has 2 rings (SSSR count). The fourth-order valence-corrected chi connectivity index (χ4v) is 3.26. The molecule has 0 spiro atoms. The van der Waals surface area contributed by atoms with Gasteiger partial charge in [0.15, 0.2) is 5.16 Å². The summed E-state index contributed by atoms with van der Waals surface area (Å²) in [6.07, 6.45) is 3.65. The molecular formula is C16H21N3OS. The molecule has 0 saturated carbocycles. The molecule has 0 radical (unpaired) electrons. The molecule has 0 aliphatic rings. The van der Waals surface area contributed by atoms with Crippen molar-refractivity contribution in [2.75, 3.05) is 13.1 Å². The number of likely N-dealkylation sites (N-methyl/N-ethyl adjacent to an activating group) is 1. The average molecular weight is 303 g/mol. The van der Waals surface area contributed by atoms with E-state index in [4.69, 9.17) is 0 Å². The minimum absolute atomic E-state index is 0.138. The van der Waals surface area contributed by atoms with Gasteiger partial charge in [0.05, 0.1) is 0 Å². The highest BCUT2D eigenvalue weighted by Gasteiger charge is 2.26. The van der Waals surface area contributed by atoms with Crippen LogP contribution in [0, 0.1) is 0 Å². The van der Waals surface area contributed by atoms with E-state index in [2.05, 4.69) is 4.98 Å². The van der Waals surface area contributed by atoms with Gasteiger partial charge in [-0.2, -0.15) is 0 Å². The normalized spacial score (nSPS) is 12.1. The van der Waals surface area contributed by atoms with Crippen LogP contribution in [0.2, 0.25) is 0 Å². The van der Waals surface area contributed by atoms with Gasteiger partial charge in [-0.25, -0.2) is 4.98 Å². The smallest absolute Gasteiger partial charge is 0.240 e. The molecule has 5 heteroatoms. The second kappa shape index (κ2) is 7.31. The number of hydrogen-bond donors (Lipinski definition) is 0. The van der Waals surface area contributed by atoms with Crippen LogP contribution < -0.4 is 0 Å². The van der Waals surface area contributed by atoms with Crippen LogP contribution in [-0.2, 0) is 11.8 Å². The van der Waals surface area contributed by atoms with Gasteiger partial charge in [0.2, 0.25) is 5.91 Å². The maximum atomic E-state index is 12.8. The summed E-state index contributed by atoms with van der Waals surface area (Å²) < 4.78 is 1.94. The van der Waals surface area contributed by atoms with Crippen LogP contribution in [-0.4, -0.2) is 33.4 Å². The van der Waals surface area contributed by atoms with Gasteiger partial charge in [-0.05, 0) is 19.4 Å². The maximum Gasteiger partial charge on any atom is 0.240 e. The number of thioether (sulfide) groups is 1. The van der Waals surface area contributed by atoms with E-state index in [0.717, 1.165) is 23.8 Å². The minimum Gasteiger partial charge on any atom is -0.342 e. The Kier molecular flexibility index (Phi) is 5.44. The molecule has 0 aliphatic heterocycles. The van der Waals surface area contributed by atoms with E-state index < -0.39 is 0 Å². The molecule has 2 aromatic rings. The summed E-state index contributed by atoms with van der Waals surface area (Å²) >= 11 is 1.50. The zero-order valence-corrected chi connectivity index (χ0v) is 13.5. The number of aryl methyl sites for hydroxylation is 1. The average Bonchev–Trinajstić information content (AvgIpc) is 2.92. The van der Waals surface area contributed by atoms with Gasteiger partial charge in [0, 0.05) is 32.5 Å². The van der Waals surface area contributed by atoms with E-state index in [0.29, 0.717) is 0 Å². The fraction of sp³-hybridized carbons (Fsp3) is 0.375. The molecule has 1 aromatic carbocycles. The maximum absolute atomic E-state index is 12.8. The Labute approximate surface area is 130 Å². The predicted molar refractivity (Wildman–Crippen MR) is 86.2 cm³/mol. The monoisotopic (exact) mass is 303 g/mol. The van der Waals surface area contributed by atoms with Crippen LogP contribution in [0.5, 0.6) is 0 Å². The summed E-state index contributed by atoms with van der Waals surface area (Å²) in [6.45, 7) is 5.46. The van der Waals surface area contributed by atoms with Crippen LogP contribution in [0.3, 0.4) is 0 Å². The van der Waals surface area contributed by atoms with E-state index in [9.17, 15) is 4.79 Å². The van der Waals surface area contributed by atoms with Crippen molar-refractivity contribution in [2.24, 2.45) is 7.05 Å². The number of nitrogens with zero attached hydrogens (tertiary/aromatic N) is 3. The van der Waals surface area contributed by atoms with Gasteiger partial charge in [0.25, 0.3) is 0 Å². The van der Waals surface area contributed by atoms with Gasteiger partial charge in [-0.15, -0.1) is 0 Å². The largest absolute Gasteiger partial charge is 0.342 e. The third kappa shape index (κ3) is 3.67.